The fraction of sp³-hybridized carbons (Fsp3) is 0.556. The fourth-order valence-electron chi connectivity index (χ4n) is 5.55. The van der Waals surface area contributed by atoms with Crippen molar-refractivity contribution in [3.63, 3.8) is 0 Å². The standard InChI is InChI=1S/C27H36O12/c1-34-17-7-13(8-18(35-2)23(17)31)20-15(10-38-27-25(33)22(30)16(29)11-39-27)14(9-28)5-12-6-19(36-3)24(32)26(37-4)21(12)20/h6-8,14-16,20,22,25,27-33H,5,9-11H2,1-4H3/t14-,15-,16+,20+,22-,25-,27+/m0/s1. The average molecular weight is 553 g/mol. The minimum Gasteiger partial charge on any atom is -0.502 e. The first-order valence-corrected chi connectivity index (χ1v) is 12.5. The highest BCUT2D eigenvalue weighted by Crippen LogP contribution is 2.54. The van der Waals surface area contributed by atoms with Crippen LogP contribution in [0.1, 0.15) is 22.6 Å². The Labute approximate surface area is 225 Å². The first-order valence-electron chi connectivity index (χ1n) is 12.5. The Morgan fingerprint density at radius 2 is 1.46 bits per heavy atom. The summed E-state index contributed by atoms with van der Waals surface area (Å²) >= 11 is 0. The highest BCUT2D eigenvalue weighted by atomic mass is 16.7. The third kappa shape index (κ3) is 5.28. The van der Waals surface area contributed by atoms with Crippen LogP contribution in [0.15, 0.2) is 18.2 Å². The smallest absolute Gasteiger partial charge is 0.201 e. The molecule has 12 heteroatoms. The number of rotatable bonds is 9. The van der Waals surface area contributed by atoms with Crippen LogP contribution in [0.5, 0.6) is 34.5 Å². The molecule has 2 aromatic rings. The van der Waals surface area contributed by atoms with Gasteiger partial charge in [-0.25, -0.2) is 0 Å². The van der Waals surface area contributed by atoms with Gasteiger partial charge in [0.05, 0.1) is 41.7 Å². The van der Waals surface area contributed by atoms with E-state index in [4.69, 9.17) is 28.4 Å². The van der Waals surface area contributed by atoms with E-state index in [0.29, 0.717) is 17.5 Å². The number of aromatic hydroxyl groups is 2. The quantitative estimate of drug-likeness (QED) is 0.254. The number of aliphatic hydroxyl groups excluding tert-OH is 4. The lowest BCUT2D eigenvalue weighted by Gasteiger charge is -2.42. The van der Waals surface area contributed by atoms with Gasteiger partial charge in [-0.3, -0.25) is 0 Å². The van der Waals surface area contributed by atoms with Crippen molar-refractivity contribution in [2.24, 2.45) is 11.8 Å². The van der Waals surface area contributed by atoms with Crippen LogP contribution in [0.4, 0.5) is 0 Å². The molecule has 39 heavy (non-hydrogen) atoms. The molecule has 1 aliphatic carbocycles. The van der Waals surface area contributed by atoms with Gasteiger partial charge in [0.25, 0.3) is 0 Å². The highest BCUT2D eigenvalue weighted by Gasteiger charge is 2.44. The van der Waals surface area contributed by atoms with Gasteiger partial charge in [-0.05, 0) is 47.6 Å². The van der Waals surface area contributed by atoms with Gasteiger partial charge in [0.2, 0.25) is 11.5 Å². The zero-order valence-electron chi connectivity index (χ0n) is 22.2. The predicted molar refractivity (Wildman–Crippen MR) is 136 cm³/mol. The van der Waals surface area contributed by atoms with Gasteiger partial charge in [0, 0.05) is 18.1 Å². The van der Waals surface area contributed by atoms with Crippen molar-refractivity contribution < 1.29 is 59.1 Å². The van der Waals surface area contributed by atoms with Crippen LogP contribution in [-0.2, 0) is 15.9 Å². The first-order chi connectivity index (χ1) is 18.7. The molecule has 1 fully saturated rings. The number of methoxy groups -OCH3 is 4. The third-order valence-electron chi connectivity index (χ3n) is 7.60. The number of aliphatic hydroxyl groups is 4. The Hall–Kier alpha value is -3.00. The van der Waals surface area contributed by atoms with E-state index in [-0.39, 0.29) is 60.2 Å². The molecule has 4 rings (SSSR count). The van der Waals surface area contributed by atoms with Crippen LogP contribution < -0.4 is 18.9 Å². The Morgan fingerprint density at radius 1 is 0.846 bits per heavy atom. The molecular formula is C27H36O12. The van der Waals surface area contributed by atoms with E-state index < -0.39 is 36.4 Å². The predicted octanol–water partition coefficient (Wildman–Crippen LogP) is 0.500. The number of phenols is 2. The molecular weight excluding hydrogens is 516 g/mol. The number of fused-ring (bicyclic) bond motifs is 1. The van der Waals surface area contributed by atoms with Gasteiger partial charge < -0.3 is 59.1 Å². The molecule has 0 amide bonds. The number of phenolic OH excluding ortho intramolecular Hbond substituents is 2. The van der Waals surface area contributed by atoms with Crippen molar-refractivity contribution in [2.45, 2.75) is 36.9 Å². The summed E-state index contributed by atoms with van der Waals surface area (Å²) in [4.78, 5) is 0. The largest absolute Gasteiger partial charge is 0.502 e. The summed E-state index contributed by atoms with van der Waals surface area (Å²) in [6.07, 6.45) is -5.04. The van der Waals surface area contributed by atoms with Crippen molar-refractivity contribution in [1.29, 1.82) is 0 Å². The SMILES string of the molecule is COc1cc([C@H]2c3c(cc(OC)c(O)c3OC)C[C@@H](CO)[C@@H]2CO[C@@H]2OC[C@@H](O)[C@H](O)[C@@H]2O)cc(OC)c1O. The number of benzene rings is 2. The summed E-state index contributed by atoms with van der Waals surface area (Å²) in [6.45, 7) is -0.504. The average Bonchev–Trinajstić information content (AvgIpc) is 2.94. The van der Waals surface area contributed by atoms with Gasteiger partial charge in [0.1, 0.15) is 18.3 Å². The molecule has 0 spiro atoms. The summed E-state index contributed by atoms with van der Waals surface area (Å²) < 4.78 is 33.2. The molecule has 12 nitrogen and oxygen atoms in total. The maximum absolute atomic E-state index is 11.0. The van der Waals surface area contributed by atoms with E-state index in [1.165, 1.54) is 28.4 Å². The second kappa shape index (κ2) is 12.0. The van der Waals surface area contributed by atoms with E-state index >= 15 is 0 Å². The maximum atomic E-state index is 11.0. The minimum absolute atomic E-state index is 0.0542. The van der Waals surface area contributed by atoms with E-state index in [9.17, 15) is 30.6 Å². The Kier molecular flexibility index (Phi) is 8.94. The molecule has 6 N–H and O–H groups in total. The maximum Gasteiger partial charge on any atom is 0.201 e. The Balaban J connectivity index is 1.86. The lowest BCUT2D eigenvalue weighted by molar-refractivity contribution is -0.274. The molecule has 1 saturated heterocycles. The van der Waals surface area contributed by atoms with Gasteiger partial charge in [0.15, 0.2) is 29.3 Å². The highest BCUT2D eigenvalue weighted by molar-refractivity contribution is 5.64. The second-order valence-electron chi connectivity index (χ2n) is 9.68. The summed E-state index contributed by atoms with van der Waals surface area (Å²) in [6, 6.07) is 4.96. The number of hydrogen-bond donors (Lipinski definition) is 6. The lowest BCUT2D eigenvalue weighted by Crippen LogP contribution is -2.54. The molecule has 0 aromatic heterocycles. The molecule has 1 aliphatic heterocycles. The summed E-state index contributed by atoms with van der Waals surface area (Å²) in [5, 5.41) is 62.3. The monoisotopic (exact) mass is 552 g/mol. The Morgan fingerprint density at radius 3 is 2.03 bits per heavy atom. The van der Waals surface area contributed by atoms with Crippen LogP contribution in [0, 0.1) is 11.8 Å². The normalized spacial score (nSPS) is 28.5. The topological polar surface area (TPSA) is 177 Å². The van der Waals surface area contributed by atoms with Crippen LogP contribution in [0.3, 0.4) is 0 Å². The molecule has 2 aliphatic rings. The molecule has 216 valence electrons. The first kappa shape index (κ1) is 29.0. The molecule has 0 bridgehead atoms. The van der Waals surface area contributed by atoms with Gasteiger partial charge in [-0.1, -0.05) is 0 Å². The summed E-state index contributed by atoms with van der Waals surface area (Å²) in [7, 11) is 5.66. The van der Waals surface area contributed by atoms with Gasteiger partial charge >= 0.3 is 0 Å². The lowest BCUT2D eigenvalue weighted by atomic mass is 9.66. The zero-order chi connectivity index (χ0) is 28.4. The van der Waals surface area contributed by atoms with E-state index in [1.807, 2.05) is 0 Å². The van der Waals surface area contributed by atoms with Gasteiger partial charge in [-0.2, -0.15) is 0 Å². The fourth-order valence-corrected chi connectivity index (χ4v) is 5.55. The minimum atomic E-state index is -1.49. The second-order valence-corrected chi connectivity index (χ2v) is 9.68. The van der Waals surface area contributed by atoms with Crippen molar-refractivity contribution in [2.75, 3.05) is 48.3 Å². The van der Waals surface area contributed by atoms with Crippen molar-refractivity contribution >= 4 is 0 Å². The third-order valence-corrected chi connectivity index (χ3v) is 7.60. The van der Waals surface area contributed by atoms with Gasteiger partial charge in [-0.15, -0.1) is 0 Å². The van der Waals surface area contributed by atoms with Crippen LogP contribution in [0.25, 0.3) is 0 Å². The van der Waals surface area contributed by atoms with E-state index in [1.54, 1.807) is 18.2 Å². The van der Waals surface area contributed by atoms with E-state index in [0.717, 1.165) is 5.56 Å². The summed E-state index contributed by atoms with van der Waals surface area (Å²) in [5.74, 6) is -1.16. The van der Waals surface area contributed by atoms with Crippen molar-refractivity contribution in [3.8, 4) is 34.5 Å². The number of ether oxygens (including phenoxy) is 6. The van der Waals surface area contributed by atoms with Crippen LogP contribution in [0.2, 0.25) is 0 Å². The molecule has 7 atom stereocenters. The Bertz CT molecular complexity index is 1130. The molecule has 0 unspecified atom stereocenters. The molecule has 0 saturated carbocycles. The zero-order valence-corrected chi connectivity index (χ0v) is 22.2. The molecule has 1 heterocycles. The van der Waals surface area contributed by atoms with Crippen molar-refractivity contribution in [3.05, 3.63) is 34.9 Å². The number of hydrogen-bond acceptors (Lipinski definition) is 12. The van der Waals surface area contributed by atoms with Crippen molar-refractivity contribution in [1.82, 2.24) is 0 Å². The van der Waals surface area contributed by atoms with Crippen LogP contribution in [-0.4, -0.2) is 104 Å². The van der Waals surface area contributed by atoms with E-state index in [2.05, 4.69) is 0 Å². The van der Waals surface area contributed by atoms with Crippen LogP contribution >= 0.6 is 0 Å². The summed E-state index contributed by atoms with van der Waals surface area (Å²) in [5.41, 5.74) is 1.99. The molecule has 2 aromatic carbocycles. The molecule has 0 radical (unpaired) electrons.